The van der Waals surface area contributed by atoms with Crippen LogP contribution in [0.1, 0.15) is 48.7 Å². The first-order chi connectivity index (χ1) is 8.01. The van der Waals surface area contributed by atoms with E-state index in [1.165, 1.54) is 13.0 Å². The molecule has 0 spiro atoms. The van der Waals surface area contributed by atoms with Crippen LogP contribution in [0.2, 0.25) is 0 Å². The van der Waals surface area contributed by atoms with Gasteiger partial charge in [0.2, 0.25) is 0 Å². The highest BCUT2D eigenvalue weighted by atomic mass is 19.3. The number of ether oxygens (including phenoxy) is 1. The van der Waals surface area contributed by atoms with Gasteiger partial charge in [-0.3, -0.25) is 4.79 Å². The van der Waals surface area contributed by atoms with Crippen molar-refractivity contribution < 1.29 is 18.3 Å². The number of carbonyl (C=O) groups excluding carboxylic acids is 1. The number of aryl methyl sites for hydroxylation is 1. The highest BCUT2D eigenvalue weighted by molar-refractivity contribution is 5.98. The van der Waals surface area contributed by atoms with Gasteiger partial charge in [0, 0.05) is 5.56 Å². The fraction of sp³-hybridized carbons (Fsp3) is 0.462. The third-order valence-corrected chi connectivity index (χ3v) is 2.49. The van der Waals surface area contributed by atoms with E-state index in [-0.39, 0.29) is 16.9 Å². The van der Waals surface area contributed by atoms with Crippen LogP contribution < -0.4 is 4.74 Å². The van der Waals surface area contributed by atoms with Gasteiger partial charge in [0.05, 0.1) is 12.2 Å². The molecule has 2 nitrogen and oxygen atoms in total. The maximum Gasteiger partial charge on any atom is 0.264 e. The van der Waals surface area contributed by atoms with Gasteiger partial charge in [-0.2, -0.15) is 0 Å². The summed E-state index contributed by atoms with van der Waals surface area (Å²) in [4.78, 5) is 11.5. The van der Waals surface area contributed by atoms with E-state index in [2.05, 4.69) is 0 Å². The molecule has 0 aliphatic rings. The van der Waals surface area contributed by atoms with Gasteiger partial charge < -0.3 is 4.74 Å². The van der Waals surface area contributed by atoms with Crippen molar-refractivity contribution in [2.24, 2.45) is 0 Å². The number of benzene rings is 1. The Kier molecular flexibility index (Phi) is 4.61. The Bertz CT molecular complexity index is 414. The Balaban J connectivity index is 3.43. The van der Waals surface area contributed by atoms with Crippen LogP contribution in [0.5, 0.6) is 5.75 Å². The first-order valence-corrected chi connectivity index (χ1v) is 5.59. The second-order valence-corrected chi connectivity index (χ2v) is 3.70. The molecule has 0 N–H and O–H groups in total. The zero-order valence-electron chi connectivity index (χ0n) is 10.2. The van der Waals surface area contributed by atoms with Gasteiger partial charge in [0.1, 0.15) is 5.75 Å². The van der Waals surface area contributed by atoms with E-state index in [9.17, 15) is 13.6 Å². The summed E-state index contributed by atoms with van der Waals surface area (Å²) in [5.74, 6) is -0.138. The van der Waals surface area contributed by atoms with Crippen LogP contribution in [0.4, 0.5) is 8.78 Å². The first-order valence-electron chi connectivity index (χ1n) is 5.59. The number of halogens is 2. The van der Waals surface area contributed by atoms with Crippen LogP contribution in [0.15, 0.2) is 12.1 Å². The molecule has 0 atom stereocenters. The van der Waals surface area contributed by atoms with Crippen molar-refractivity contribution in [2.75, 3.05) is 6.61 Å². The smallest absolute Gasteiger partial charge is 0.264 e. The number of ketones is 1. The molecule has 94 valence electrons. The normalized spacial score (nSPS) is 10.7. The van der Waals surface area contributed by atoms with Crippen LogP contribution in [0.25, 0.3) is 0 Å². The summed E-state index contributed by atoms with van der Waals surface area (Å²) in [7, 11) is 0. The monoisotopic (exact) mass is 242 g/mol. The van der Waals surface area contributed by atoms with E-state index < -0.39 is 12.2 Å². The van der Waals surface area contributed by atoms with Crippen LogP contribution in [-0.4, -0.2) is 12.4 Å². The number of rotatable bonds is 5. The average molecular weight is 242 g/mol. The zero-order valence-corrected chi connectivity index (χ0v) is 10.2. The molecule has 1 aromatic rings. The lowest BCUT2D eigenvalue weighted by atomic mass is 9.99. The molecular formula is C13H16F2O2. The molecule has 0 saturated heterocycles. The molecule has 0 fully saturated rings. The van der Waals surface area contributed by atoms with E-state index in [0.29, 0.717) is 13.0 Å². The van der Waals surface area contributed by atoms with Crippen LogP contribution in [-0.2, 0) is 6.42 Å². The van der Waals surface area contributed by atoms with Gasteiger partial charge in [-0.05, 0) is 38.0 Å². The summed E-state index contributed by atoms with van der Waals surface area (Å²) in [5.41, 5.74) is 0.508. The lowest BCUT2D eigenvalue weighted by Crippen LogP contribution is -2.07. The molecular weight excluding hydrogens is 226 g/mol. The third-order valence-electron chi connectivity index (χ3n) is 2.49. The predicted octanol–water partition coefficient (Wildman–Crippen LogP) is 3.79. The van der Waals surface area contributed by atoms with E-state index in [0.717, 1.165) is 5.56 Å². The first kappa shape index (κ1) is 13.6. The van der Waals surface area contributed by atoms with Crippen molar-refractivity contribution in [3.8, 4) is 5.75 Å². The minimum atomic E-state index is -2.67. The Labute approximate surface area is 99.6 Å². The standard InChI is InChI=1S/C13H16F2O2/c1-4-9-6-10(13(14)15)12(8(3)16)11(7-9)17-5-2/h6-7,13H,4-5H2,1-3H3. The third kappa shape index (κ3) is 3.02. The molecule has 0 aliphatic carbocycles. The van der Waals surface area contributed by atoms with Gasteiger partial charge >= 0.3 is 0 Å². The lowest BCUT2D eigenvalue weighted by Gasteiger charge is -2.14. The van der Waals surface area contributed by atoms with E-state index in [1.54, 1.807) is 13.0 Å². The van der Waals surface area contributed by atoms with Crippen molar-refractivity contribution >= 4 is 5.78 Å². The summed E-state index contributed by atoms with van der Waals surface area (Å²) >= 11 is 0. The quantitative estimate of drug-likeness (QED) is 0.734. The molecule has 0 radical (unpaired) electrons. The maximum absolute atomic E-state index is 12.9. The van der Waals surface area contributed by atoms with Crippen molar-refractivity contribution in [1.82, 2.24) is 0 Å². The van der Waals surface area contributed by atoms with Gasteiger partial charge in [0.15, 0.2) is 5.78 Å². The summed E-state index contributed by atoms with van der Waals surface area (Å²) in [6.45, 7) is 5.24. The summed E-state index contributed by atoms with van der Waals surface area (Å²) < 4.78 is 31.1. The maximum atomic E-state index is 12.9. The van der Waals surface area contributed by atoms with Crippen molar-refractivity contribution in [3.05, 3.63) is 28.8 Å². The molecule has 0 bridgehead atoms. The number of hydrogen-bond acceptors (Lipinski definition) is 2. The summed E-state index contributed by atoms with van der Waals surface area (Å²) in [6, 6.07) is 3.04. The molecule has 1 rings (SSSR count). The van der Waals surface area contributed by atoms with Crippen LogP contribution >= 0.6 is 0 Å². The fourth-order valence-electron chi connectivity index (χ4n) is 1.72. The Morgan fingerprint density at radius 2 is 2.00 bits per heavy atom. The minimum Gasteiger partial charge on any atom is -0.493 e. The predicted molar refractivity (Wildman–Crippen MR) is 62.0 cm³/mol. The second kappa shape index (κ2) is 5.75. The van der Waals surface area contributed by atoms with E-state index in [1.807, 2.05) is 6.92 Å². The lowest BCUT2D eigenvalue weighted by molar-refractivity contribution is 0.0994. The van der Waals surface area contributed by atoms with Crippen molar-refractivity contribution in [1.29, 1.82) is 0 Å². The largest absolute Gasteiger partial charge is 0.493 e. The molecule has 1 aromatic carbocycles. The Hall–Kier alpha value is -1.45. The molecule has 0 aromatic heterocycles. The summed E-state index contributed by atoms with van der Waals surface area (Å²) in [5, 5.41) is 0. The average Bonchev–Trinajstić information content (AvgIpc) is 2.27. The Morgan fingerprint density at radius 3 is 2.41 bits per heavy atom. The molecule has 0 aliphatic heterocycles. The van der Waals surface area contributed by atoms with Crippen molar-refractivity contribution in [2.45, 2.75) is 33.6 Å². The van der Waals surface area contributed by atoms with Gasteiger partial charge in [0.25, 0.3) is 6.43 Å². The van der Waals surface area contributed by atoms with Crippen LogP contribution in [0.3, 0.4) is 0 Å². The van der Waals surface area contributed by atoms with Gasteiger partial charge in [-0.25, -0.2) is 8.78 Å². The van der Waals surface area contributed by atoms with Gasteiger partial charge in [-0.15, -0.1) is 0 Å². The number of carbonyl (C=O) groups is 1. The topological polar surface area (TPSA) is 26.3 Å². The molecule has 0 saturated carbocycles. The highest BCUT2D eigenvalue weighted by Gasteiger charge is 2.21. The summed E-state index contributed by atoms with van der Waals surface area (Å²) in [6.07, 6.45) is -2.04. The number of alkyl halides is 2. The SMILES string of the molecule is CCOc1cc(CC)cc(C(F)F)c1C(C)=O. The Morgan fingerprint density at radius 1 is 1.35 bits per heavy atom. The molecule has 4 heteroatoms. The van der Waals surface area contributed by atoms with Crippen molar-refractivity contribution in [3.63, 3.8) is 0 Å². The molecule has 17 heavy (non-hydrogen) atoms. The number of Topliss-reactive ketones (excluding diaryl/α,β-unsaturated/α-hetero) is 1. The van der Waals surface area contributed by atoms with E-state index in [4.69, 9.17) is 4.74 Å². The molecule has 0 amide bonds. The number of hydrogen-bond donors (Lipinski definition) is 0. The minimum absolute atomic E-state index is 0.000880. The van der Waals surface area contributed by atoms with Crippen LogP contribution in [0, 0.1) is 0 Å². The fourth-order valence-corrected chi connectivity index (χ4v) is 1.72. The van der Waals surface area contributed by atoms with Gasteiger partial charge in [-0.1, -0.05) is 6.92 Å². The molecule has 0 heterocycles. The highest BCUT2D eigenvalue weighted by Crippen LogP contribution is 2.32. The zero-order chi connectivity index (χ0) is 13.0. The van der Waals surface area contributed by atoms with E-state index >= 15 is 0 Å². The molecule has 0 unspecified atom stereocenters. The second-order valence-electron chi connectivity index (χ2n) is 3.70.